The van der Waals surface area contributed by atoms with Crippen molar-refractivity contribution >= 4 is 0 Å². The second-order valence-electron chi connectivity index (χ2n) is 18.3. The van der Waals surface area contributed by atoms with Gasteiger partial charge in [-0.15, -0.1) is 0 Å². The molecule has 4 aliphatic heterocycles. The summed E-state index contributed by atoms with van der Waals surface area (Å²) >= 11 is 0. The molecule has 0 bridgehead atoms. The lowest BCUT2D eigenvalue weighted by molar-refractivity contribution is -0.363. The van der Waals surface area contributed by atoms with Crippen LogP contribution in [-0.4, -0.2) is 135 Å². The molecule has 4 aliphatic carbocycles. The van der Waals surface area contributed by atoms with Gasteiger partial charge in [-0.25, -0.2) is 0 Å². The van der Waals surface area contributed by atoms with E-state index in [1.807, 2.05) is 0 Å². The van der Waals surface area contributed by atoms with E-state index in [1.54, 1.807) is 0 Å². The number of hydrogen-bond donors (Lipinski definition) is 7. The molecule has 2 unspecified atom stereocenters. The van der Waals surface area contributed by atoms with Crippen LogP contribution in [0.3, 0.4) is 0 Å². The van der Waals surface area contributed by atoms with Gasteiger partial charge in [-0.2, -0.15) is 0 Å². The summed E-state index contributed by atoms with van der Waals surface area (Å²) < 4.78 is 36.9. The smallest absolute Gasteiger partial charge is 0.187 e. The maximum Gasteiger partial charge on any atom is 0.187 e. The molecular weight excluding hydrogens is 676 g/mol. The van der Waals surface area contributed by atoms with Crippen LogP contribution in [-0.2, 0) is 28.4 Å². The van der Waals surface area contributed by atoms with Crippen molar-refractivity contribution in [3.63, 3.8) is 0 Å². The average Bonchev–Trinajstić information content (AvgIpc) is 3.58. The lowest BCUT2D eigenvalue weighted by Crippen LogP contribution is -2.65. The van der Waals surface area contributed by atoms with Gasteiger partial charge < -0.3 is 64.2 Å². The van der Waals surface area contributed by atoms with E-state index in [0.717, 1.165) is 38.7 Å². The number of aliphatic hydroxyl groups excluding tert-OH is 7. The number of ether oxygens (including phenoxy) is 6. The molecular formula is C39H62O13. The lowest BCUT2D eigenvalue weighted by Gasteiger charge is -2.58. The minimum atomic E-state index is -1.72. The van der Waals surface area contributed by atoms with Crippen LogP contribution in [0.15, 0.2) is 11.6 Å². The van der Waals surface area contributed by atoms with Gasteiger partial charge in [0.05, 0.1) is 32.0 Å². The third-order valence-corrected chi connectivity index (χ3v) is 15.6. The van der Waals surface area contributed by atoms with Crippen molar-refractivity contribution in [1.29, 1.82) is 0 Å². The molecule has 0 radical (unpaired) electrons. The summed E-state index contributed by atoms with van der Waals surface area (Å²) in [6.45, 7) is 9.20. The van der Waals surface area contributed by atoms with E-state index in [4.69, 9.17) is 28.4 Å². The molecule has 8 rings (SSSR count). The van der Waals surface area contributed by atoms with Gasteiger partial charge in [-0.3, -0.25) is 0 Å². The number of allylic oxidation sites excluding steroid dienone is 1. The van der Waals surface area contributed by atoms with Crippen LogP contribution in [0.25, 0.3) is 0 Å². The normalized spacial score (nSPS) is 57.5. The number of fused-ring (bicyclic) bond motifs is 7. The zero-order valence-electron chi connectivity index (χ0n) is 31.0. The van der Waals surface area contributed by atoms with Crippen LogP contribution in [0, 0.1) is 46.3 Å². The van der Waals surface area contributed by atoms with Gasteiger partial charge in [0, 0.05) is 12.3 Å². The first-order valence-electron chi connectivity index (χ1n) is 20.0. The van der Waals surface area contributed by atoms with Gasteiger partial charge in [0.2, 0.25) is 0 Å². The summed E-state index contributed by atoms with van der Waals surface area (Å²) in [7, 11) is 0. The Balaban J connectivity index is 0.913. The number of hydrogen-bond acceptors (Lipinski definition) is 13. The third-order valence-electron chi connectivity index (χ3n) is 15.6. The fraction of sp³-hybridized carbons (Fsp3) is 0.949. The first-order valence-corrected chi connectivity index (χ1v) is 20.0. The maximum atomic E-state index is 11.1. The molecule has 0 aromatic carbocycles. The Morgan fingerprint density at radius 1 is 0.788 bits per heavy atom. The zero-order valence-corrected chi connectivity index (χ0v) is 31.0. The Morgan fingerprint density at radius 2 is 1.50 bits per heavy atom. The van der Waals surface area contributed by atoms with Crippen molar-refractivity contribution in [2.75, 3.05) is 19.8 Å². The monoisotopic (exact) mass is 738 g/mol. The van der Waals surface area contributed by atoms with Gasteiger partial charge in [0.15, 0.2) is 18.4 Å². The Kier molecular flexibility index (Phi) is 10.3. The molecule has 21 atom stereocenters. The topological polar surface area (TPSA) is 197 Å². The van der Waals surface area contributed by atoms with E-state index >= 15 is 0 Å². The zero-order chi connectivity index (χ0) is 36.9. The summed E-state index contributed by atoms with van der Waals surface area (Å²) in [5, 5.41) is 72.7. The Morgan fingerprint density at radius 3 is 2.21 bits per heavy atom. The van der Waals surface area contributed by atoms with Gasteiger partial charge in [-0.1, -0.05) is 39.3 Å². The van der Waals surface area contributed by atoms with Crippen LogP contribution in [0.5, 0.6) is 0 Å². The summed E-state index contributed by atoms with van der Waals surface area (Å²) in [5.74, 6) is 2.92. The van der Waals surface area contributed by atoms with Crippen LogP contribution < -0.4 is 0 Å². The molecule has 1 spiro atoms. The van der Waals surface area contributed by atoms with Crippen molar-refractivity contribution in [3.05, 3.63) is 11.6 Å². The van der Waals surface area contributed by atoms with E-state index in [1.165, 1.54) is 24.8 Å². The lowest BCUT2D eigenvalue weighted by atomic mass is 9.47. The molecule has 0 aromatic rings. The molecule has 13 nitrogen and oxygen atoms in total. The highest BCUT2D eigenvalue weighted by Crippen LogP contribution is 2.70. The van der Waals surface area contributed by atoms with E-state index in [0.29, 0.717) is 41.9 Å². The number of aliphatic hydroxyl groups is 7. The summed E-state index contributed by atoms with van der Waals surface area (Å²) in [4.78, 5) is 0. The Labute approximate surface area is 306 Å². The minimum Gasteiger partial charge on any atom is -0.394 e. The van der Waals surface area contributed by atoms with Crippen molar-refractivity contribution in [2.24, 2.45) is 46.3 Å². The highest BCUT2D eigenvalue weighted by molar-refractivity contribution is 5.26. The van der Waals surface area contributed by atoms with Crippen molar-refractivity contribution in [3.8, 4) is 0 Å². The molecule has 7 N–H and O–H groups in total. The molecule has 0 amide bonds. The first kappa shape index (κ1) is 38.1. The molecule has 4 saturated heterocycles. The van der Waals surface area contributed by atoms with Gasteiger partial charge >= 0.3 is 0 Å². The highest BCUT2D eigenvalue weighted by Gasteiger charge is 2.68. The molecule has 0 aromatic heterocycles. The Bertz CT molecular complexity index is 1320. The quantitative estimate of drug-likeness (QED) is 0.193. The molecule has 3 saturated carbocycles. The maximum absolute atomic E-state index is 11.1. The largest absolute Gasteiger partial charge is 0.394 e. The molecule has 4 heterocycles. The second-order valence-corrected chi connectivity index (χ2v) is 18.3. The van der Waals surface area contributed by atoms with E-state index in [-0.39, 0.29) is 23.0 Å². The van der Waals surface area contributed by atoms with Crippen LogP contribution >= 0.6 is 0 Å². The molecule has 296 valence electrons. The summed E-state index contributed by atoms with van der Waals surface area (Å²) in [5.41, 5.74) is 1.70. The fourth-order valence-corrected chi connectivity index (χ4v) is 12.6. The van der Waals surface area contributed by atoms with E-state index in [9.17, 15) is 35.7 Å². The average molecular weight is 739 g/mol. The van der Waals surface area contributed by atoms with Crippen molar-refractivity contribution < 1.29 is 64.2 Å². The van der Waals surface area contributed by atoms with Crippen molar-refractivity contribution in [2.45, 2.75) is 165 Å². The second kappa shape index (κ2) is 14.0. The Hall–Kier alpha value is -0.780. The molecule has 7 fully saturated rings. The van der Waals surface area contributed by atoms with Crippen LogP contribution in [0.4, 0.5) is 0 Å². The summed E-state index contributed by atoms with van der Waals surface area (Å²) in [6, 6.07) is 0. The fourth-order valence-electron chi connectivity index (χ4n) is 12.6. The third kappa shape index (κ3) is 5.90. The van der Waals surface area contributed by atoms with Crippen LogP contribution in [0.1, 0.15) is 85.5 Å². The molecule has 8 aliphatic rings. The predicted octanol–water partition coefficient (Wildman–Crippen LogP) is 1.36. The SMILES string of the molecule is C[C@@H]1CC[C@@]2(OC1)OC1C[C@H]3[C@@H]4CC=C5C[C@@H](O[C@@H]6O[C@H](CO)[C@@H](O[C@@H]7O[C@H](CO)[C@H](O)[C@H](O)[C@H]7O)[C@H](O)[C@H]6O)CC[C@]5(C)[C@H]4CC[C@]3(C)C1[C@@H]2C. The minimum absolute atomic E-state index is 0.0572. The number of rotatable bonds is 6. The van der Waals surface area contributed by atoms with E-state index in [2.05, 4.69) is 33.8 Å². The molecule has 13 heteroatoms. The van der Waals surface area contributed by atoms with Gasteiger partial charge in [-0.05, 0) is 91.8 Å². The van der Waals surface area contributed by atoms with E-state index < -0.39 is 80.4 Å². The first-order chi connectivity index (χ1) is 24.7. The van der Waals surface area contributed by atoms with Crippen LogP contribution in [0.2, 0.25) is 0 Å². The highest BCUT2D eigenvalue weighted by atomic mass is 16.7. The van der Waals surface area contributed by atoms with Crippen molar-refractivity contribution in [1.82, 2.24) is 0 Å². The summed E-state index contributed by atoms with van der Waals surface area (Å²) in [6.07, 6.45) is -3.06. The van der Waals surface area contributed by atoms with Gasteiger partial charge in [0.1, 0.15) is 48.8 Å². The van der Waals surface area contributed by atoms with Gasteiger partial charge in [0.25, 0.3) is 0 Å². The molecule has 52 heavy (non-hydrogen) atoms. The standard InChI is InChI=1S/C39H62O13/c1-18-7-12-39(47-17-18)19(2)28-25(52-39)14-24-22-6-5-20-13-21(8-10-37(20,3)23(22)9-11-38(24,28)4)48-35-33(46)31(44)34(27(16-41)50-35)51-36-32(45)30(43)29(42)26(15-40)49-36/h5,18-19,21-36,40-46H,6-17H2,1-4H3/t18-,19+,21+,22-,23+,24+,25?,26-,27-,28?,29+,30+,31-,32-,33-,34-,35-,36+,37+,38+,39-/m1/s1. The predicted molar refractivity (Wildman–Crippen MR) is 183 cm³/mol.